The van der Waals surface area contributed by atoms with E-state index in [2.05, 4.69) is 0 Å². The van der Waals surface area contributed by atoms with Gasteiger partial charge < -0.3 is 27.0 Å². The third-order valence-corrected chi connectivity index (χ3v) is 6.36. The molecule has 0 saturated heterocycles. The first-order chi connectivity index (χ1) is 19.6. The lowest BCUT2D eigenvalue weighted by Gasteiger charge is -2.27. The van der Waals surface area contributed by atoms with Crippen molar-refractivity contribution < 1.29 is 33.8 Å². The van der Waals surface area contributed by atoms with Crippen molar-refractivity contribution in [2.45, 2.75) is 32.0 Å². The van der Waals surface area contributed by atoms with Gasteiger partial charge in [0.25, 0.3) is 0 Å². The van der Waals surface area contributed by atoms with E-state index >= 15 is 0 Å². The van der Waals surface area contributed by atoms with Crippen molar-refractivity contribution >= 4 is 29.5 Å². The van der Waals surface area contributed by atoms with E-state index in [1.807, 2.05) is 0 Å². The maximum atomic E-state index is 13.4. The first-order valence-corrected chi connectivity index (χ1v) is 12.8. The zero-order valence-electron chi connectivity index (χ0n) is 22.5. The van der Waals surface area contributed by atoms with E-state index < -0.39 is 61.1 Å². The second-order valence-corrected chi connectivity index (χ2v) is 9.23. The SMILES string of the molecule is CC(N)C(=O)c1c(-c2ccccc2)ccc(CC(C(=O)O)N(C(=O)CN)C(=O)OCc2ccccc2)c1C(=O)CN. The number of Topliss-reactive ketones (excluding diaryl/α,β-unsaturated/α-hetero) is 2. The predicted molar refractivity (Wildman–Crippen MR) is 151 cm³/mol. The molecular weight excluding hydrogens is 528 g/mol. The largest absolute Gasteiger partial charge is 0.480 e. The Hall–Kier alpha value is -4.71. The van der Waals surface area contributed by atoms with Gasteiger partial charge in [-0.1, -0.05) is 72.8 Å². The van der Waals surface area contributed by atoms with Crippen LogP contribution in [0.1, 0.15) is 38.8 Å². The Kier molecular flexibility index (Phi) is 10.6. The molecule has 0 heterocycles. The Morgan fingerprint density at radius 1 is 0.854 bits per heavy atom. The highest BCUT2D eigenvalue weighted by molar-refractivity contribution is 6.15. The number of aliphatic carboxylic acids is 1. The van der Waals surface area contributed by atoms with Crippen molar-refractivity contribution in [3.05, 3.63) is 95.1 Å². The second-order valence-electron chi connectivity index (χ2n) is 9.23. The third-order valence-electron chi connectivity index (χ3n) is 6.36. The lowest BCUT2D eigenvalue weighted by Crippen LogP contribution is -2.52. The number of carbonyl (C=O) groups excluding carboxylic acids is 4. The predicted octanol–water partition coefficient (Wildman–Crippen LogP) is 2.14. The summed E-state index contributed by atoms with van der Waals surface area (Å²) in [6, 6.07) is 17.6. The minimum Gasteiger partial charge on any atom is -0.480 e. The molecule has 0 bridgehead atoms. The summed E-state index contributed by atoms with van der Waals surface area (Å²) in [6.07, 6.45) is -1.76. The summed E-state index contributed by atoms with van der Waals surface area (Å²) in [4.78, 5) is 65.3. The van der Waals surface area contributed by atoms with Crippen LogP contribution in [0.25, 0.3) is 11.1 Å². The lowest BCUT2D eigenvalue weighted by atomic mass is 9.84. The molecule has 7 N–H and O–H groups in total. The number of hydrogen-bond donors (Lipinski definition) is 4. The highest BCUT2D eigenvalue weighted by Gasteiger charge is 2.37. The molecule has 41 heavy (non-hydrogen) atoms. The molecule has 3 aromatic carbocycles. The van der Waals surface area contributed by atoms with Gasteiger partial charge in [0.15, 0.2) is 11.6 Å². The average Bonchev–Trinajstić information content (AvgIpc) is 2.99. The summed E-state index contributed by atoms with van der Waals surface area (Å²) in [6.45, 7) is 0.0635. The standard InChI is InChI=1S/C30H32N4O7/c1-18(33)28(37)27-22(20-10-6-3-7-11-20)13-12-21(26(27)24(35)15-31)14-23(29(38)39)34(25(36)16-32)30(40)41-17-19-8-4-2-5-9-19/h2-13,18,23H,14-17,31-33H2,1H3,(H,38,39). The Bertz CT molecular complexity index is 1430. The molecule has 0 aliphatic rings. The topological polar surface area (TPSA) is 196 Å². The van der Waals surface area contributed by atoms with E-state index in [1.165, 1.54) is 13.0 Å². The van der Waals surface area contributed by atoms with E-state index in [4.69, 9.17) is 21.9 Å². The zero-order valence-corrected chi connectivity index (χ0v) is 22.5. The number of carboxylic acid groups (broad SMARTS) is 1. The Balaban J connectivity index is 2.13. The molecule has 2 amide bonds. The van der Waals surface area contributed by atoms with Gasteiger partial charge in [0.2, 0.25) is 5.91 Å². The molecule has 11 nitrogen and oxygen atoms in total. The average molecular weight is 561 g/mol. The number of rotatable bonds is 12. The van der Waals surface area contributed by atoms with E-state index in [-0.39, 0.29) is 23.3 Å². The van der Waals surface area contributed by atoms with Crippen LogP contribution in [-0.4, -0.2) is 64.7 Å². The molecule has 0 aliphatic carbocycles. The monoisotopic (exact) mass is 560 g/mol. The van der Waals surface area contributed by atoms with Crippen LogP contribution < -0.4 is 17.2 Å². The number of amides is 2. The van der Waals surface area contributed by atoms with Crippen molar-refractivity contribution in [1.82, 2.24) is 4.90 Å². The van der Waals surface area contributed by atoms with E-state index in [0.29, 0.717) is 21.6 Å². The molecule has 214 valence electrons. The maximum Gasteiger partial charge on any atom is 0.417 e. The number of benzene rings is 3. The number of imide groups is 1. The second kappa shape index (κ2) is 14.1. The quantitative estimate of drug-likeness (QED) is 0.238. The van der Waals surface area contributed by atoms with Crippen molar-refractivity contribution in [1.29, 1.82) is 0 Å². The number of carboxylic acids is 1. The van der Waals surface area contributed by atoms with Gasteiger partial charge in [0.05, 0.1) is 19.1 Å². The number of carbonyl (C=O) groups is 5. The molecule has 3 rings (SSSR count). The number of ketones is 2. The van der Waals surface area contributed by atoms with Gasteiger partial charge in [-0.2, -0.15) is 0 Å². The fourth-order valence-corrected chi connectivity index (χ4v) is 4.37. The summed E-state index contributed by atoms with van der Waals surface area (Å²) in [5.41, 5.74) is 18.7. The number of nitrogens with two attached hydrogens (primary N) is 3. The van der Waals surface area contributed by atoms with Crippen molar-refractivity contribution in [2.75, 3.05) is 13.1 Å². The molecule has 2 unspecified atom stereocenters. The van der Waals surface area contributed by atoms with Gasteiger partial charge in [0.1, 0.15) is 12.6 Å². The van der Waals surface area contributed by atoms with Crippen LogP contribution in [-0.2, 0) is 27.4 Å². The van der Waals surface area contributed by atoms with Crippen LogP contribution in [0.4, 0.5) is 4.79 Å². The number of nitrogens with zero attached hydrogens (tertiary/aromatic N) is 1. The molecule has 0 saturated carbocycles. The van der Waals surface area contributed by atoms with Crippen molar-refractivity contribution in [2.24, 2.45) is 17.2 Å². The fourth-order valence-electron chi connectivity index (χ4n) is 4.37. The Morgan fingerprint density at radius 2 is 1.46 bits per heavy atom. The highest BCUT2D eigenvalue weighted by atomic mass is 16.6. The van der Waals surface area contributed by atoms with E-state index in [1.54, 1.807) is 66.7 Å². The molecule has 0 aromatic heterocycles. The first-order valence-electron chi connectivity index (χ1n) is 12.8. The van der Waals surface area contributed by atoms with Gasteiger partial charge in [-0.15, -0.1) is 0 Å². The third kappa shape index (κ3) is 7.28. The van der Waals surface area contributed by atoms with Crippen LogP contribution in [0.15, 0.2) is 72.8 Å². The molecular formula is C30H32N4O7. The normalized spacial score (nSPS) is 12.2. The fraction of sp³-hybridized carbons (Fsp3) is 0.233. The number of ether oxygens (including phenoxy) is 1. The van der Waals surface area contributed by atoms with Crippen LogP contribution in [0.2, 0.25) is 0 Å². The smallest absolute Gasteiger partial charge is 0.417 e. The van der Waals surface area contributed by atoms with E-state index in [0.717, 1.165) is 0 Å². The van der Waals surface area contributed by atoms with E-state index in [9.17, 15) is 29.1 Å². The molecule has 0 radical (unpaired) electrons. The molecule has 2 atom stereocenters. The van der Waals surface area contributed by atoms with Crippen molar-refractivity contribution in [3.8, 4) is 11.1 Å². The minimum atomic E-state index is -1.82. The first kappa shape index (κ1) is 30.8. The molecule has 0 spiro atoms. The van der Waals surface area contributed by atoms with Crippen LogP contribution in [0.5, 0.6) is 0 Å². The molecule has 0 fully saturated rings. The Labute approximate surface area is 236 Å². The van der Waals surface area contributed by atoms with Crippen LogP contribution in [0.3, 0.4) is 0 Å². The summed E-state index contributed by atoms with van der Waals surface area (Å²) in [7, 11) is 0. The highest BCUT2D eigenvalue weighted by Crippen LogP contribution is 2.31. The van der Waals surface area contributed by atoms with Crippen LogP contribution in [0, 0.1) is 0 Å². The van der Waals surface area contributed by atoms with Gasteiger partial charge >= 0.3 is 12.1 Å². The van der Waals surface area contributed by atoms with Gasteiger partial charge in [-0.3, -0.25) is 14.4 Å². The maximum absolute atomic E-state index is 13.4. The summed E-state index contributed by atoms with van der Waals surface area (Å²) in [5.74, 6) is -3.77. The van der Waals surface area contributed by atoms with Gasteiger partial charge in [-0.05, 0) is 29.2 Å². The zero-order chi connectivity index (χ0) is 30.1. The summed E-state index contributed by atoms with van der Waals surface area (Å²) >= 11 is 0. The summed E-state index contributed by atoms with van der Waals surface area (Å²) in [5, 5.41) is 10.1. The van der Waals surface area contributed by atoms with Crippen LogP contribution >= 0.6 is 0 Å². The molecule has 0 aliphatic heterocycles. The Morgan fingerprint density at radius 3 is 2.00 bits per heavy atom. The lowest BCUT2D eigenvalue weighted by molar-refractivity contribution is -0.148. The van der Waals surface area contributed by atoms with Gasteiger partial charge in [-0.25, -0.2) is 14.5 Å². The summed E-state index contributed by atoms with van der Waals surface area (Å²) < 4.78 is 5.24. The molecule has 3 aromatic rings. The van der Waals surface area contributed by atoms with Gasteiger partial charge in [0, 0.05) is 17.5 Å². The minimum absolute atomic E-state index is 0.0216. The molecule has 11 heteroatoms. The number of hydrogen-bond acceptors (Lipinski definition) is 9. The van der Waals surface area contributed by atoms with Crippen molar-refractivity contribution in [3.63, 3.8) is 0 Å².